The maximum absolute atomic E-state index is 13.6. The summed E-state index contributed by atoms with van der Waals surface area (Å²) in [6.45, 7) is 7.98. The van der Waals surface area contributed by atoms with Crippen molar-refractivity contribution < 1.29 is 23.4 Å². The molecule has 0 aliphatic rings. The van der Waals surface area contributed by atoms with E-state index in [4.69, 9.17) is 4.74 Å². The standard InChI is InChI=1S/C24H32F2N2O3/c1-5-16-7-6-8-17(9-16)14-27-15-22(29)21(28-23(30)31-24(2,3)4)12-18-10-19(25)13-20(26)11-18/h6-11,13,21-22,27,29H,5,12,14-15H2,1-4H3,(H,28,30)/t21-,22+/m0/s1. The van der Waals surface area contributed by atoms with Gasteiger partial charge in [0.2, 0.25) is 0 Å². The van der Waals surface area contributed by atoms with Gasteiger partial charge in [0.25, 0.3) is 0 Å². The van der Waals surface area contributed by atoms with E-state index in [1.807, 2.05) is 12.1 Å². The van der Waals surface area contributed by atoms with Crippen LogP contribution in [0.2, 0.25) is 0 Å². The van der Waals surface area contributed by atoms with E-state index in [1.54, 1.807) is 20.8 Å². The molecule has 7 heteroatoms. The molecule has 3 N–H and O–H groups in total. The third kappa shape index (κ3) is 9.02. The summed E-state index contributed by atoms with van der Waals surface area (Å²) >= 11 is 0. The molecule has 5 nitrogen and oxygen atoms in total. The predicted molar refractivity (Wildman–Crippen MR) is 117 cm³/mol. The summed E-state index contributed by atoms with van der Waals surface area (Å²) in [7, 11) is 0. The fraction of sp³-hybridized carbons (Fsp3) is 0.458. The first-order valence-electron chi connectivity index (χ1n) is 10.5. The highest BCUT2D eigenvalue weighted by Crippen LogP contribution is 2.13. The molecule has 2 rings (SSSR count). The molecule has 0 radical (unpaired) electrons. The number of aliphatic hydroxyl groups is 1. The number of rotatable bonds is 9. The first-order valence-corrected chi connectivity index (χ1v) is 10.5. The van der Waals surface area contributed by atoms with E-state index < -0.39 is 35.5 Å². The van der Waals surface area contributed by atoms with Crippen LogP contribution in [0.4, 0.5) is 13.6 Å². The van der Waals surface area contributed by atoms with Crippen LogP contribution in [0, 0.1) is 11.6 Å². The van der Waals surface area contributed by atoms with Gasteiger partial charge in [-0.2, -0.15) is 0 Å². The minimum absolute atomic E-state index is 0.0437. The monoisotopic (exact) mass is 434 g/mol. The summed E-state index contributed by atoms with van der Waals surface area (Å²) in [6, 6.07) is 10.5. The quantitative estimate of drug-likeness (QED) is 0.555. The molecule has 0 fully saturated rings. The number of amides is 1. The van der Waals surface area contributed by atoms with E-state index in [0.29, 0.717) is 12.1 Å². The lowest BCUT2D eigenvalue weighted by atomic mass is 10.0. The van der Waals surface area contributed by atoms with Crippen LogP contribution < -0.4 is 10.6 Å². The van der Waals surface area contributed by atoms with Gasteiger partial charge < -0.3 is 20.5 Å². The van der Waals surface area contributed by atoms with Gasteiger partial charge in [-0.3, -0.25) is 0 Å². The molecule has 0 saturated carbocycles. The molecule has 31 heavy (non-hydrogen) atoms. The predicted octanol–water partition coefficient (Wildman–Crippen LogP) is 4.11. The van der Waals surface area contributed by atoms with Gasteiger partial charge in [-0.05, 0) is 62.4 Å². The second kappa shape index (κ2) is 11.2. The molecule has 2 aromatic carbocycles. The van der Waals surface area contributed by atoms with Gasteiger partial charge in [0.15, 0.2) is 0 Å². The van der Waals surface area contributed by atoms with Crippen molar-refractivity contribution in [3.05, 3.63) is 70.8 Å². The number of ether oxygens (including phenoxy) is 1. The molecule has 0 aliphatic heterocycles. The number of aryl methyl sites for hydroxylation is 1. The topological polar surface area (TPSA) is 70.6 Å². The van der Waals surface area contributed by atoms with Crippen molar-refractivity contribution in [3.8, 4) is 0 Å². The third-order valence-electron chi connectivity index (χ3n) is 4.63. The van der Waals surface area contributed by atoms with Gasteiger partial charge in [-0.1, -0.05) is 31.2 Å². The first kappa shape index (κ1) is 24.8. The number of aliphatic hydroxyl groups excluding tert-OH is 1. The van der Waals surface area contributed by atoms with Gasteiger partial charge in [0.05, 0.1) is 12.1 Å². The number of halogens is 2. The van der Waals surface area contributed by atoms with Crippen LogP contribution in [0.15, 0.2) is 42.5 Å². The first-order chi connectivity index (χ1) is 14.6. The van der Waals surface area contributed by atoms with E-state index in [9.17, 15) is 18.7 Å². The number of hydrogen-bond acceptors (Lipinski definition) is 4. The lowest BCUT2D eigenvalue weighted by Crippen LogP contribution is -2.49. The normalized spacial score (nSPS) is 13.5. The van der Waals surface area contributed by atoms with Gasteiger partial charge in [-0.15, -0.1) is 0 Å². The Bertz CT molecular complexity index is 848. The van der Waals surface area contributed by atoms with Crippen LogP contribution in [0.5, 0.6) is 0 Å². The molecule has 1 amide bonds. The van der Waals surface area contributed by atoms with E-state index in [-0.39, 0.29) is 13.0 Å². The molecule has 0 spiro atoms. The average Bonchev–Trinajstić information content (AvgIpc) is 2.65. The molecular weight excluding hydrogens is 402 g/mol. The summed E-state index contributed by atoms with van der Waals surface area (Å²) in [6.07, 6.45) is -0.734. The zero-order valence-corrected chi connectivity index (χ0v) is 18.5. The molecule has 170 valence electrons. The Morgan fingerprint density at radius 1 is 1.06 bits per heavy atom. The molecule has 0 aliphatic carbocycles. The van der Waals surface area contributed by atoms with Crippen molar-refractivity contribution >= 4 is 6.09 Å². The minimum atomic E-state index is -1.01. The summed E-state index contributed by atoms with van der Waals surface area (Å²) in [4.78, 5) is 12.3. The maximum Gasteiger partial charge on any atom is 0.407 e. The van der Waals surface area contributed by atoms with Crippen molar-refractivity contribution in [1.82, 2.24) is 10.6 Å². The van der Waals surface area contributed by atoms with Gasteiger partial charge >= 0.3 is 6.09 Å². The molecule has 0 saturated heterocycles. The van der Waals surface area contributed by atoms with Crippen LogP contribution in [-0.2, 0) is 24.1 Å². The highest BCUT2D eigenvalue weighted by Gasteiger charge is 2.25. The Kier molecular flexibility index (Phi) is 8.95. The fourth-order valence-corrected chi connectivity index (χ4v) is 3.19. The van der Waals surface area contributed by atoms with Crippen molar-refractivity contribution in [1.29, 1.82) is 0 Å². The Labute approximate surface area is 182 Å². The smallest absolute Gasteiger partial charge is 0.407 e. The summed E-state index contributed by atoms with van der Waals surface area (Å²) in [5.41, 5.74) is 1.91. The average molecular weight is 435 g/mol. The van der Waals surface area contributed by atoms with Gasteiger partial charge in [0, 0.05) is 19.2 Å². The van der Waals surface area contributed by atoms with Crippen LogP contribution in [0.25, 0.3) is 0 Å². The minimum Gasteiger partial charge on any atom is -0.444 e. The van der Waals surface area contributed by atoms with Crippen LogP contribution in [-0.4, -0.2) is 35.5 Å². The number of carbonyl (C=O) groups is 1. The second-order valence-electron chi connectivity index (χ2n) is 8.61. The maximum atomic E-state index is 13.6. The molecule has 0 bridgehead atoms. The number of carbonyl (C=O) groups excluding carboxylic acids is 1. The van der Waals surface area contributed by atoms with Crippen molar-refractivity contribution in [3.63, 3.8) is 0 Å². The van der Waals surface area contributed by atoms with Crippen LogP contribution in [0.1, 0.15) is 44.4 Å². The molecule has 0 aromatic heterocycles. The summed E-state index contributed by atoms with van der Waals surface area (Å²) in [5, 5.41) is 16.5. The van der Waals surface area contributed by atoms with Crippen molar-refractivity contribution in [2.75, 3.05) is 6.54 Å². The summed E-state index contributed by atoms with van der Waals surface area (Å²) < 4.78 is 32.5. The zero-order chi connectivity index (χ0) is 23.0. The van der Waals surface area contributed by atoms with Gasteiger partial charge in [-0.25, -0.2) is 13.6 Å². The Hall–Kier alpha value is -2.51. The Morgan fingerprint density at radius 2 is 1.71 bits per heavy atom. The Balaban J connectivity index is 2.05. The van der Waals surface area contributed by atoms with E-state index in [0.717, 1.165) is 18.1 Å². The summed E-state index contributed by atoms with van der Waals surface area (Å²) in [5.74, 6) is -1.43. The fourth-order valence-electron chi connectivity index (χ4n) is 3.19. The van der Waals surface area contributed by atoms with E-state index in [1.165, 1.54) is 17.7 Å². The van der Waals surface area contributed by atoms with E-state index >= 15 is 0 Å². The van der Waals surface area contributed by atoms with Crippen LogP contribution in [0.3, 0.4) is 0 Å². The number of nitrogens with one attached hydrogen (secondary N) is 2. The third-order valence-corrected chi connectivity index (χ3v) is 4.63. The second-order valence-corrected chi connectivity index (χ2v) is 8.61. The molecule has 2 atom stereocenters. The Morgan fingerprint density at radius 3 is 2.32 bits per heavy atom. The molecule has 0 heterocycles. The highest BCUT2D eigenvalue weighted by molar-refractivity contribution is 5.68. The highest BCUT2D eigenvalue weighted by atomic mass is 19.1. The number of benzene rings is 2. The van der Waals surface area contributed by atoms with Crippen LogP contribution >= 0.6 is 0 Å². The van der Waals surface area contributed by atoms with Crippen molar-refractivity contribution in [2.24, 2.45) is 0 Å². The SMILES string of the molecule is CCc1cccc(CNC[C@@H](O)[C@H](Cc2cc(F)cc(F)c2)NC(=O)OC(C)(C)C)c1. The lowest BCUT2D eigenvalue weighted by molar-refractivity contribution is 0.0422. The zero-order valence-electron chi connectivity index (χ0n) is 18.5. The molecule has 2 aromatic rings. The van der Waals surface area contributed by atoms with Crippen molar-refractivity contribution in [2.45, 2.75) is 64.8 Å². The molecule has 0 unspecified atom stereocenters. The van der Waals surface area contributed by atoms with E-state index in [2.05, 4.69) is 29.7 Å². The van der Waals surface area contributed by atoms with Gasteiger partial charge in [0.1, 0.15) is 17.2 Å². The largest absolute Gasteiger partial charge is 0.444 e. The molecular formula is C24H32F2N2O3. The number of alkyl carbamates (subject to hydrolysis) is 1. The lowest BCUT2D eigenvalue weighted by Gasteiger charge is -2.27. The number of hydrogen-bond donors (Lipinski definition) is 3.